The first-order valence-electron chi connectivity index (χ1n) is 9.04. The van der Waals surface area contributed by atoms with Crippen LogP contribution in [-0.4, -0.2) is 53.3 Å². The van der Waals surface area contributed by atoms with Gasteiger partial charge in [-0.1, -0.05) is 12.1 Å². The highest BCUT2D eigenvalue weighted by molar-refractivity contribution is 7.09. The summed E-state index contributed by atoms with van der Waals surface area (Å²) >= 11 is 0.586. The molecule has 10 heteroatoms. The first-order valence-corrected chi connectivity index (χ1v) is 9.92. The molecule has 1 aromatic carbocycles. The highest BCUT2D eigenvalue weighted by atomic mass is 32.1. The van der Waals surface area contributed by atoms with Crippen molar-refractivity contribution in [2.75, 3.05) is 26.3 Å². The van der Waals surface area contributed by atoms with Gasteiger partial charge < -0.3 is 14.6 Å². The number of benzene rings is 1. The number of hydrogen-bond acceptors (Lipinski definition) is 6. The first-order chi connectivity index (χ1) is 13.7. The van der Waals surface area contributed by atoms with E-state index in [4.69, 9.17) is 14.6 Å². The Bertz CT molecular complexity index is 826. The molecule has 0 saturated carbocycles. The van der Waals surface area contributed by atoms with Crippen molar-refractivity contribution in [1.29, 1.82) is 0 Å². The van der Waals surface area contributed by atoms with Crippen LogP contribution in [0.5, 0.6) is 5.75 Å². The fraction of sp³-hybridized carbons (Fsp3) is 0.474. The van der Waals surface area contributed by atoms with Gasteiger partial charge in [-0.15, -0.1) is 11.3 Å². The first kappa shape index (κ1) is 21.5. The predicted octanol–water partition coefficient (Wildman–Crippen LogP) is 3.63. The average molecular weight is 430 g/mol. The minimum atomic E-state index is -4.44. The molecule has 0 bridgehead atoms. The van der Waals surface area contributed by atoms with Gasteiger partial charge in [0.15, 0.2) is 11.6 Å². The van der Waals surface area contributed by atoms with Gasteiger partial charge >= 0.3 is 12.1 Å². The third kappa shape index (κ3) is 5.91. The van der Waals surface area contributed by atoms with Crippen molar-refractivity contribution < 1.29 is 32.5 Å². The van der Waals surface area contributed by atoms with Crippen molar-refractivity contribution in [3.63, 3.8) is 0 Å². The van der Waals surface area contributed by atoms with Gasteiger partial charge in [-0.3, -0.25) is 4.90 Å². The SMILES string of the molecule is CC(Cc1ccc(OCC(=O)O)cc1)N1CCOC(c2csc(C(F)(F)F)n2)C1. The van der Waals surface area contributed by atoms with Gasteiger partial charge in [-0.05, 0) is 31.0 Å². The van der Waals surface area contributed by atoms with Gasteiger partial charge in [0.2, 0.25) is 0 Å². The number of rotatable bonds is 7. The number of alkyl halides is 3. The topological polar surface area (TPSA) is 71.9 Å². The number of carboxylic acid groups (broad SMARTS) is 1. The van der Waals surface area contributed by atoms with Crippen LogP contribution < -0.4 is 4.74 Å². The molecule has 1 N–H and O–H groups in total. The van der Waals surface area contributed by atoms with Crippen LogP contribution in [-0.2, 0) is 22.1 Å². The second kappa shape index (κ2) is 9.10. The monoisotopic (exact) mass is 430 g/mol. The van der Waals surface area contributed by atoms with Crippen LogP contribution >= 0.6 is 11.3 Å². The van der Waals surface area contributed by atoms with Crippen molar-refractivity contribution in [2.45, 2.75) is 31.7 Å². The van der Waals surface area contributed by atoms with Crippen molar-refractivity contribution in [3.8, 4) is 5.75 Å². The predicted molar refractivity (Wildman–Crippen MR) is 100 cm³/mol. The van der Waals surface area contributed by atoms with Crippen LogP contribution in [0.15, 0.2) is 29.6 Å². The maximum absolute atomic E-state index is 12.8. The van der Waals surface area contributed by atoms with Crippen LogP contribution in [0, 0.1) is 0 Å². The summed E-state index contributed by atoms with van der Waals surface area (Å²) in [4.78, 5) is 16.4. The zero-order chi connectivity index (χ0) is 21.0. The van der Waals surface area contributed by atoms with E-state index in [2.05, 4.69) is 16.8 Å². The molecule has 158 valence electrons. The van der Waals surface area contributed by atoms with Crippen LogP contribution in [0.3, 0.4) is 0 Å². The maximum atomic E-state index is 12.8. The summed E-state index contributed by atoms with van der Waals surface area (Å²) in [5.74, 6) is -0.550. The van der Waals surface area contributed by atoms with E-state index in [1.807, 2.05) is 12.1 Å². The van der Waals surface area contributed by atoms with Gasteiger partial charge in [0.05, 0.1) is 12.3 Å². The number of nitrogens with zero attached hydrogens (tertiary/aromatic N) is 2. The molecule has 1 aromatic heterocycles. The molecule has 0 aliphatic carbocycles. The number of aromatic nitrogens is 1. The van der Waals surface area contributed by atoms with Gasteiger partial charge in [-0.2, -0.15) is 13.2 Å². The van der Waals surface area contributed by atoms with E-state index >= 15 is 0 Å². The third-order valence-electron chi connectivity index (χ3n) is 4.63. The second-order valence-corrected chi connectivity index (χ2v) is 7.67. The fourth-order valence-electron chi connectivity index (χ4n) is 3.15. The molecule has 2 heterocycles. The number of carbonyl (C=O) groups is 1. The van der Waals surface area contributed by atoms with E-state index in [0.29, 0.717) is 42.5 Å². The van der Waals surface area contributed by atoms with Crippen LogP contribution in [0.2, 0.25) is 0 Å². The summed E-state index contributed by atoms with van der Waals surface area (Å²) in [5.41, 5.74) is 1.37. The fourth-order valence-corrected chi connectivity index (χ4v) is 3.88. The number of ether oxygens (including phenoxy) is 2. The standard InChI is InChI=1S/C19H21F3N2O4S/c1-12(8-13-2-4-14(5-3-13)28-10-17(25)26)24-6-7-27-16(9-24)15-11-29-18(23-15)19(20,21)22/h2-5,11-12,16H,6-10H2,1H3,(H,25,26). The van der Waals surface area contributed by atoms with Gasteiger partial charge in [-0.25, -0.2) is 9.78 Å². The molecule has 0 radical (unpaired) electrons. The Hall–Kier alpha value is -2.17. The summed E-state index contributed by atoms with van der Waals surface area (Å²) in [6.45, 7) is 3.25. The molecular formula is C19H21F3N2O4S. The molecule has 6 nitrogen and oxygen atoms in total. The Labute approximate surface area is 169 Å². The Kier molecular flexibility index (Phi) is 6.76. The van der Waals surface area contributed by atoms with Crippen molar-refractivity contribution in [3.05, 3.63) is 45.9 Å². The zero-order valence-corrected chi connectivity index (χ0v) is 16.5. The molecule has 1 aliphatic heterocycles. The molecule has 0 spiro atoms. The third-order valence-corrected chi connectivity index (χ3v) is 5.54. The summed E-state index contributed by atoms with van der Waals surface area (Å²) in [7, 11) is 0. The lowest BCUT2D eigenvalue weighted by atomic mass is 10.0. The quantitative estimate of drug-likeness (QED) is 0.723. The van der Waals surface area contributed by atoms with E-state index < -0.39 is 29.9 Å². The second-order valence-electron chi connectivity index (χ2n) is 6.81. The number of morpholine rings is 1. The van der Waals surface area contributed by atoms with E-state index in [1.165, 1.54) is 5.38 Å². The highest BCUT2D eigenvalue weighted by Gasteiger charge is 2.36. The lowest BCUT2D eigenvalue weighted by molar-refractivity contribution is -0.139. The number of aliphatic carboxylic acids is 1. The minimum absolute atomic E-state index is 0.146. The Morgan fingerprint density at radius 1 is 1.41 bits per heavy atom. The number of thiazole rings is 1. The van der Waals surface area contributed by atoms with Gasteiger partial charge in [0.1, 0.15) is 11.9 Å². The molecule has 2 atom stereocenters. The molecule has 1 aliphatic rings. The van der Waals surface area contributed by atoms with E-state index in [1.54, 1.807) is 12.1 Å². The highest BCUT2D eigenvalue weighted by Crippen LogP contribution is 2.34. The van der Waals surface area contributed by atoms with E-state index in [9.17, 15) is 18.0 Å². The largest absolute Gasteiger partial charge is 0.482 e. The van der Waals surface area contributed by atoms with Crippen molar-refractivity contribution in [2.24, 2.45) is 0 Å². The lowest BCUT2D eigenvalue weighted by Gasteiger charge is -2.36. The van der Waals surface area contributed by atoms with Crippen molar-refractivity contribution >= 4 is 17.3 Å². The van der Waals surface area contributed by atoms with Crippen LogP contribution in [0.4, 0.5) is 13.2 Å². The van der Waals surface area contributed by atoms with Crippen molar-refractivity contribution in [1.82, 2.24) is 9.88 Å². The Morgan fingerprint density at radius 3 is 2.76 bits per heavy atom. The molecule has 2 unspecified atom stereocenters. The number of carboxylic acids is 1. The summed E-state index contributed by atoms with van der Waals surface area (Å²) in [6, 6.07) is 7.35. The molecule has 1 saturated heterocycles. The Balaban J connectivity index is 1.57. The summed E-state index contributed by atoms with van der Waals surface area (Å²) in [6.07, 6.45) is -4.19. The van der Waals surface area contributed by atoms with Gasteiger partial charge in [0, 0.05) is 24.5 Å². The van der Waals surface area contributed by atoms with E-state index in [-0.39, 0.29) is 6.04 Å². The molecule has 3 rings (SSSR count). The lowest BCUT2D eigenvalue weighted by Crippen LogP contribution is -2.44. The Morgan fingerprint density at radius 2 is 2.14 bits per heavy atom. The summed E-state index contributed by atoms with van der Waals surface area (Å²) < 4.78 is 49.1. The molecule has 1 fully saturated rings. The van der Waals surface area contributed by atoms with E-state index in [0.717, 1.165) is 12.0 Å². The molecule has 0 amide bonds. The van der Waals surface area contributed by atoms with Gasteiger partial charge in [0.25, 0.3) is 0 Å². The smallest absolute Gasteiger partial charge is 0.443 e. The minimum Gasteiger partial charge on any atom is -0.482 e. The van der Waals surface area contributed by atoms with Crippen LogP contribution in [0.25, 0.3) is 0 Å². The van der Waals surface area contributed by atoms with Crippen LogP contribution in [0.1, 0.15) is 29.3 Å². The molecule has 2 aromatic rings. The molecule has 29 heavy (non-hydrogen) atoms. The number of halogens is 3. The number of hydrogen-bond donors (Lipinski definition) is 1. The normalized spacial score (nSPS) is 19.1. The maximum Gasteiger partial charge on any atom is 0.443 e. The zero-order valence-electron chi connectivity index (χ0n) is 15.7. The molecular weight excluding hydrogens is 409 g/mol. The average Bonchev–Trinajstić information content (AvgIpc) is 3.18. The summed E-state index contributed by atoms with van der Waals surface area (Å²) in [5, 5.41) is 9.20.